The van der Waals surface area contributed by atoms with Crippen LogP contribution in [0.5, 0.6) is 0 Å². The molecular formula is C46H31NS. The molecule has 0 unspecified atom stereocenters. The number of anilines is 3. The van der Waals surface area contributed by atoms with E-state index in [1.54, 1.807) is 0 Å². The zero-order chi connectivity index (χ0) is 31.9. The Morgan fingerprint density at radius 2 is 0.917 bits per heavy atom. The molecule has 2 heteroatoms. The number of thiophene rings is 1. The number of hydrogen-bond donors (Lipinski definition) is 0. The van der Waals surface area contributed by atoms with Gasteiger partial charge in [0.2, 0.25) is 0 Å². The summed E-state index contributed by atoms with van der Waals surface area (Å²) in [5, 5.41) is 5.12. The maximum atomic E-state index is 2.42. The van der Waals surface area contributed by atoms with E-state index in [-0.39, 0.29) is 0 Å². The SMILES string of the molecule is c1ccc(-c2cccc(N(c3ccc(-c4cccc(-c5ccc6ccccc6c5)c4)cc3)c3cccc4c3sc3ccccc34)c2)cc1. The maximum Gasteiger partial charge on any atom is 0.0640 e. The molecule has 0 aliphatic carbocycles. The van der Waals surface area contributed by atoms with Crippen LogP contribution in [0.15, 0.2) is 188 Å². The van der Waals surface area contributed by atoms with Gasteiger partial charge in [0.25, 0.3) is 0 Å². The third kappa shape index (κ3) is 5.13. The fourth-order valence-corrected chi connectivity index (χ4v) is 8.05. The minimum atomic E-state index is 1.12. The van der Waals surface area contributed by atoms with Gasteiger partial charge >= 0.3 is 0 Å². The van der Waals surface area contributed by atoms with Gasteiger partial charge in [-0.3, -0.25) is 0 Å². The van der Waals surface area contributed by atoms with E-state index in [1.165, 1.54) is 70.0 Å². The van der Waals surface area contributed by atoms with Crippen LogP contribution in [0.2, 0.25) is 0 Å². The lowest BCUT2D eigenvalue weighted by Gasteiger charge is -2.27. The van der Waals surface area contributed by atoms with E-state index in [4.69, 9.17) is 0 Å². The summed E-state index contributed by atoms with van der Waals surface area (Å²) < 4.78 is 2.59. The van der Waals surface area contributed by atoms with Crippen molar-refractivity contribution in [3.63, 3.8) is 0 Å². The van der Waals surface area contributed by atoms with Crippen LogP contribution in [-0.2, 0) is 0 Å². The highest BCUT2D eigenvalue weighted by Gasteiger charge is 2.18. The second-order valence-corrected chi connectivity index (χ2v) is 13.2. The van der Waals surface area contributed by atoms with E-state index in [1.807, 2.05) is 11.3 Å². The monoisotopic (exact) mass is 629 g/mol. The van der Waals surface area contributed by atoms with E-state index in [0.717, 1.165) is 11.4 Å². The number of rotatable bonds is 6. The van der Waals surface area contributed by atoms with Crippen molar-refractivity contribution in [3.05, 3.63) is 188 Å². The van der Waals surface area contributed by atoms with Crippen molar-refractivity contribution < 1.29 is 0 Å². The zero-order valence-electron chi connectivity index (χ0n) is 26.3. The Labute approximate surface area is 284 Å². The molecule has 0 amide bonds. The molecule has 9 rings (SSSR count). The molecule has 0 fully saturated rings. The first-order valence-corrected chi connectivity index (χ1v) is 17.2. The summed E-state index contributed by atoms with van der Waals surface area (Å²) in [5.41, 5.74) is 10.7. The number of benzene rings is 8. The van der Waals surface area contributed by atoms with Crippen molar-refractivity contribution in [2.24, 2.45) is 0 Å². The van der Waals surface area contributed by atoms with Gasteiger partial charge in [-0.15, -0.1) is 11.3 Å². The van der Waals surface area contributed by atoms with Crippen LogP contribution >= 0.6 is 11.3 Å². The van der Waals surface area contributed by atoms with E-state index in [0.29, 0.717) is 0 Å². The summed E-state index contributed by atoms with van der Waals surface area (Å²) in [7, 11) is 0. The zero-order valence-corrected chi connectivity index (χ0v) is 27.1. The molecule has 0 atom stereocenters. The molecular weight excluding hydrogens is 599 g/mol. The summed E-state index contributed by atoms with van der Waals surface area (Å²) in [6.45, 7) is 0. The first kappa shape index (κ1) is 28.3. The van der Waals surface area contributed by atoms with Crippen molar-refractivity contribution in [1.29, 1.82) is 0 Å². The topological polar surface area (TPSA) is 3.24 Å². The van der Waals surface area contributed by atoms with Crippen molar-refractivity contribution in [2.45, 2.75) is 0 Å². The van der Waals surface area contributed by atoms with Crippen molar-refractivity contribution in [3.8, 4) is 33.4 Å². The number of fused-ring (bicyclic) bond motifs is 4. The number of hydrogen-bond acceptors (Lipinski definition) is 2. The maximum absolute atomic E-state index is 2.42. The molecule has 9 aromatic rings. The minimum Gasteiger partial charge on any atom is -0.309 e. The van der Waals surface area contributed by atoms with E-state index in [9.17, 15) is 0 Å². The Kier molecular flexibility index (Phi) is 7.07. The fourth-order valence-electron chi connectivity index (χ4n) is 6.84. The van der Waals surface area contributed by atoms with Gasteiger partial charge in [-0.1, -0.05) is 140 Å². The second-order valence-electron chi connectivity index (χ2n) is 12.2. The van der Waals surface area contributed by atoms with Gasteiger partial charge in [0, 0.05) is 26.8 Å². The molecule has 0 aliphatic rings. The Balaban J connectivity index is 1.15. The van der Waals surface area contributed by atoms with Crippen molar-refractivity contribution in [2.75, 3.05) is 4.90 Å². The average Bonchev–Trinajstić information content (AvgIpc) is 3.55. The lowest BCUT2D eigenvalue weighted by molar-refractivity contribution is 1.30. The van der Waals surface area contributed by atoms with Crippen LogP contribution in [0, 0.1) is 0 Å². The van der Waals surface area contributed by atoms with Crippen LogP contribution in [0.25, 0.3) is 64.3 Å². The molecule has 0 aliphatic heterocycles. The summed E-state index contributed by atoms with van der Waals surface area (Å²) in [5.74, 6) is 0. The Morgan fingerprint density at radius 1 is 0.333 bits per heavy atom. The molecule has 0 saturated heterocycles. The van der Waals surface area contributed by atoms with Gasteiger partial charge in [-0.2, -0.15) is 0 Å². The summed E-state index contributed by atoms with van der Waals surface area (Å²) in [6.07, 6.45) is 0. The number of nitrogens with zero attached hydrogens (tertiary/aromatic N) is 1. The molecule has 1 aromatic heterocycles. The van der Waals surface area contributed by atoms with E-state index >= 15 is 0 Å². The van der Waals surface area contributed by atoms with Crippen LogP contribution in [0.3, 0.4) is 0 Å². The molecule has 0 N–H and O–H groups in total. The lowest BCUT2D eigenvalue weighted by Crippen LogP contribution is -2.10. The average molecular weight is 630 g/mol. The molecule has 0 spiro atoms. The molecule has 226 valence electrons. The standard InChI is InChI=1S/C46H31NS/c1-2-11-32(12-3-1)38-17-9-18-41(31-38)47(44-21-10-20-43-42-19-6-7-22-45(42)48-46(43)44)40-27-25-34(26-28-40)36-15-8-16-37(29-36)39-24-23-33-13-4-5-14-35(33)30-39/h1-31H. The summed E-state index contributed by atoms with van der Waals surface area (Å²) >= 11 is 1.86. The van der Waals surface area contributed by atoms with Gasteiger partial charge in [0.1, 0.15) is 0 Å². The molecule has 1 nitrogen and oxygen atoms in total. The Hall–Kier alpha value is -5.96. The molecule has 8 aromatic carbocycles. The normalized spacial score (nSPS) is 11.3. The first-order valence-electron chi connectivity index (χ1n) is 16.3. The van der Waals surface area contributed by atoms with Gasteiger partial charge in [0.05, 0.1) is 10.4 Å². The molecule has 0 radical (unpaired) electrons. The van der Waals surface area contributed by atoms with Crippen LogP contribution < -0.4 is 4.90 Å². The highest BCUT2D eigenvalue weighted by atomic mass is 32.1. The van der Waals surface area contributed by atoms with Crippen LogP contribution in [0.4, 0.5) is 17.1 Å². The van der Waals surface area contributed by atoms with Crippen molar-refractivity contribution >= 4 is 59.3 Å². The molecule has 0 saturated carbocycles. The third-order valence-electron chi connectivity index (χ3n) is 9.24. The third-order valence-corrected chi connectivity index (χ3v) is 10.4. The quantitative estimate of drug-likeness (QED) is 0.177. The predicted molar refractivity (Wildman–Crippen MR) is 208 cm³/mol. The first-order chi connectivity index (χ1) is 23.8. The highest BCUT2D eigenvalue weighted by molar-refractivity contribution is 7.26. The van der Waals surface area contributed by atoms with Gasteiger partial charge in [-0.05, 0) is 92.7 Å². The van der Waals surface area contributed by atoms with Gasteiger partial charge in [-0.25, -0.2) is 0 Å². The molecule has 1 heterocycles. The summed E-state index contributed by atoms with van der Waals surface area (Å²) in [6, 6.07) is 68.1. The molecule has 0 bridgehead atoms. The second kappa shape index (κ2) is 12.0. The summed E-state index contributed by atoms with van der Waals surface area (Å²) in [4.78, 5) is 2.42. The largest absolute Gasteiger partial charge is 0.309 e. The lowest BCUT2D eigenvalue weighted by atomic mass is 9.97. The Bertz CT molecular complexity index is 2560. The highest BCUT2D eigenvalue weighted by Crippen LogP contribution is 2.45. The van der Waals surface area contributed by atoms with Crippen molar-refractivity contribution in [1.82, 2.24) is 0 Å². The Morgan fingerprint density at radius 3 is 1.77 bits per heavy atom. The van der Waals surface area contributed by atoms with Gasteiger partial charge in [0.15, 0.2) is 0 Å². The predicted octanol–water partition coefficient (Wildman–Crippen LogP) is 13.7. The van der Waals surface area contributed by atoms with E-state index in [2.05, 4.69) is 193 Å². The van der Waals surface area contributed by atoms with Crippen LogP contribution in [0.1, 0.15) is 0 Å². The van der Waals surface area contributed by atoms with E-state index < -0.39 is 0 Å². The minimum absolute atomic E-state index is 1.12. The van der Waals surface area contributed by atoms with Gasteiger partial charge < -0.3 is 4.90 Å². The van der Waals surface area contributed by atoms with Crippen LogP contribution in [-0.4, -0.2) is 0 Å². The fraction of sp³-hybridized carbons (Fsp3) is 0. The smallest absolute Gasteiger partial charge is 0.0640 e. The molecule has 48 heavy (non-hydrogen) atoms.